The summed E-state index contributed by atoms with van der Waals surface area (Å²) in [5.74, 6) is -0.448. The number of halogens is 1. The number of hydrogen-bond donors (Lipinski definition) is 1. The van der Waals surface area contributed by atoms with Crippen molar-refractivity contribution in [1.29, 1.82) is 0 Å². The number of hydrogen-bond acceptors (Lipinski definition) is 4. The highest BCUT2D eigenvalue weighted by atomic mass is 32.3. The van der Waals surface area contributed by atoms with Gasteiger partial charge in [-0.2, -0.15) is 8.42 Å². The van der Waals surface area contributed by atoms with Crippen LogP contribution in [0.1, 0.15) is 19.3 Å². The summed E-state index contributed by atoms with van der Waals surface area (Å²) in [5.41, 5.74) is -0.0656. The first-order chi connectivity index (χ1) is 8.98. The van der Waals surface area contributed by atoms with E-state index in [1.165, 1.54) is 18.2 Å². The summed E-state index contributed by atoms with van der Waals surface area (Å²) >= 11 is 0. The Kier molecular flexibility index (Phi) is 4.16. The maximum atomic E-state index is 13.1. The van der Waals surface area contributed by atoms with E-state index >= 15 is 0 Å². The van der Waals surface area contributed by atoms with Crippen molar-refractivity contribution in [2.24, 2.45) is 0 Å². The molecule has 1 amide bonds. The molecular formula is C12H14FNO4S. The zero-order chi connectivity index (χ0) is 13.9. The second-order valence-electron chi connectivity index (χ2n) is 4.28. The lowest BCUT2D eigenvalue weighted by Gasteiger charge is -2.22. The molecule has 0 aliphatic carbocycles. The summed E-state index contributed by atoms with van der Waals surface area (Å²) in [5, 5.41) is 2.40. The molecule has 7 heteroatoms. The molecule has 1 fully saturated rings. The third kappa shape index (κ3) is 3.51. The number of rotatable bonds is 3. The highest BCUT2D eigenvalue weighted by Crippen LogP contribution is 2.23. The molecule has 0 bridgehead atoms. The van der Waals surface area contributed by atoms with Crippen LogP contribution in [0, 0.1) is 0 Å². The highest BCUT2D eigenvalue weighted by Gasteiger charge is 2.24. The minimum atomic E-state index is -4.87. The van der Waals surface area contributed by atoms with Gasteiger partial charge in [0.2, 0.25) is 0 Å². The van der Waals surface area contributed by atoms with Gasteiger partial charge in [0.1, 0.15) is 11.0 Å². The van der Waals surface area contributed by atoms with Gasteiger partial charge < -0.3 is 10.1 Å². The first kappa shape index (κ1) is 14.0. The van der Waals surface area contributed by atoms with Gasteiger partial charge in [-0.1, -0.05) is 12.1 Å². The summed E-state index contributed by atoms with van der Waals surface area (Å²) in [7, 11) is -4.87. The Morgan fingerprint density at radius 1 is 1.32 bits per heavy atom. The topological polar surface area (TPSA) is 72.5 Å². The zero-order valence-electron chi connectivity index (χ0n) is 10.1. The Hall–Kier alpha value is -1.47. The second kappa shape index (κ2) is 5.66. The van der Waals surface area contributed by atoms with Crippen LogP contribution < -0.4 is 5.32 Å². The fourth-order valence-corrected chi connectivity index (χ4v) is 2.57. The number of amides is 1. The van der Waals surface area contributed by atoms with Crippen molar-refractivity contribution < 1.29 is 21.8 Å². The molecule has 1 saturated heterocycles. The Morgan fingerprint density at radius 2 is 2.05 bits per heavy atom. The second-order valence-corrected chi connectivity index (χ2v) is 5.59. The highest BCUT2D eigenvalue weighted by molar-refractivity contribution is 7.86. The van der Waals surface area contributed by atoms with E-state index in [1.807, 2.05) is 0 Å². The fourth-order valence-electron chi connectivity index (χ4n) is 1.94. The van der Waals surface area contributed by atoms with Gasteiger partial charge in [0.25, 0.3) is 5.91 Å². The van der Waals surface area contributed by atoms with Crippen LogP contribution in [0.5, 0.6) is 0 Å². The van der Waals surface area contributed by atoms with Crippen LogP contribution in [0.3, 0.4) is 0 Å². The van der Waals surface area contributed by atoms with E-state index in [2.05, 4.69) is 5.32 Å². The van der Waals surface area contributed by atoms with E-state index < -0.39 is 27.1 Å². The van der Waals surface area contributed by atoms with Crippen molar-refractivity contribution in [3.05, 3.63) is 24.3 Å². The lowest BCUT2D eigenvalue weighted by atomic mass is 10.1. The summed E-state index contributed by atoms with van der Waals surface area (Å²) in [6.45, 7) is 0.501. The van der Waals surface area contributed by atoms with E-state index in [-0.39, 0.29) is 5.69 Å². The van der Waals surface area contributed by atoms with Crippen molar-refractivity contribution in [1.82, 2.24) is 0 Å². The molecule has 0 aromatic heterocycles. The molecule has 1 aromatic carbocycles. The van der Waals surface area contributed by atoms with Gasteiger partial charge in [-0.15, -0.1) is 3.89 Å². The van der Waals surface area contributed by atoms with Crippen LogP contribution in [-0.4, -0.2) is 27.0 Å². The molecular weight excluding hydrogens is 273 g/mol. The predicted octanol–water partition coefficient (Wildman–Crippen LogP) is 1.85. The fraction of sp³-hybridized carbons (Fsp3) is 0.417. The minimum absolute atomic E-state index is 0.0656. The van der Waals surface area contributed by atoms with E-state index in [0.29, 0.717) is 13.0 Å². The van der Waals surface area contributed by atoms with Crippen molar-refractivity contribution >= 4 is 21.8 Å². The van der Waals surface area contributed by atoms with Crippen LogP contribution in [0.4, 0.5) is 9.57 Å². The summed E-state index contributed by atoms with van der Waals surface area (Å²) in [4.78, 5) is 11.4. The molecule has 1 N–H and O–H groups in total. The summed E-state index contributed by atoms with van der Waals surface area (Å²) in [6.07, 6.45) is 1.75. The number of benzene rings is 1. The molecule has 1 aromatic rings. The van der Waals surface area contributed by atoms with Gasteiger partial charge >= 0.3 is 10.2 Å². The Bertz CT molecular complexity index is 567. The Balaban J connectivity index is 2.17. The van der Waals surface area contributed by atoms with Crippen molar-refractivity contribution in [3.63, 3.8) is 0 Å². The Morgan fingerprint density at radius 3 is 2.68 bits per heavy atom. The van der Waals surface area contributed by atoms with Crippen LogP contribution in [0.15, 0.2) is 29.2 Å². The number of anilines is 1. The number of carbonyl (C=O) groups excluding carboxylic acids is 1. The third-order valence-electron chi connectivity index (χ3n) is 2.88. The number of para-hydroxylation sites is 1. The molecule has 104 valence electrons. The van der Waals surface area contributed by atoms with E-state index in [0.717, 1.165) is 18.9 Å². The lowest BCUT2D eigenvalue weighted by Crippen LogP contribution is -2.33. The molecule has 19 heavy (non-hydrogen) atoms. The minimum Gasteiger partial charge on any atom is -0.368 e. The van der Waals surface area contributed by atoms with Crippen LogP contribution in [0.2, 0.25) is 0 Å². The van der Waals surface area contributed by atoms with Crippen LogP contribution in [-0.2, 0) is 19.8 Å². The van der Waals surface area contributed by atoms with Crippen LogP contribution in [0.25, 0.3) is 0 Å². The van der Waals surface area contributed by atoms with Gasteiger partial charge in [-0.05, 0) is 31.4 Å². The maximum absolute atomic E-state index is 13.1. The molecule has 5 nitrogen and oxygen atoms in total. The number of carbonyl (C=O) groups is 1. The number of ether oxygens (including phenoxy) is 1. The first-order valence-electron chi connectivity index (χ1n) is 5.94. The summed E-state index contributed by atoms with van der Waals surface area (Å²) < 4.78 is 40.3. The molecule has 1 aliphatic rings. The van der Waals surface area contributed by atoms with Gasteiger partial charge in [0.05, 0.1) is 5.69 Å². The van der Waals surface area contributed by atoms with Gasteiger partial charge in [-0.3, -0.25) is 4.79 Å². The normalized spacial score (nSPS) is 19.9. The standard InChI is InChI=1S/C12H14FNO4S/c13-19(16,17)11-7-2-1-5-9(11)14-12(15)10-6-3-4-8-18-10/h1-2,5,7,10H,3-4,6,8H2,(H,14,15). The molecule has 2 rings (SSSR count). The molecule has 1 aliphatic heterocycles. The molecule has 1 heterocycles. The van der Waals surface area contributed by atoms with Crippen LogP contribution >= 0.6 is 0 Å². The van der Waals surface area contributed by atoms with E-state index in [9.17, 15) is 17.1 Å². The average Bonchev–Trinajstić information content (AvgIpc) is 2.39. The van der Waals surface area contributed by atoms with Gasteiger partial charge in [-0.25, -0.2) is 0 Å². The SMILES string of the molecule is O=C(Nc1ccccc1S(=O)(=O)F)C1CCCCO1. The smallest absolute Gasteiger partial charge is 0.334 e. The maximum Gasteiger partial charge on any atom is 0.334 e. The molecule has 1 unspecified atom stereocenters. The zero-order valence-corrected chi connectivity index (χ0v) is 11.0. The van der Waals surface area contributed by atoms with Crippen molar-refractivity contribution in [3.8, 4) is 0 Å². The van der Waals surface area contributed by atoms with Gasteiger partial charge in [0, 0.05) is 6.61 Å². The quantitative estimate of drug-likeness (QED) is 0.861. The molecule has 0 radical (unpaired) electrons. The van der Waals surface area contributed by atoms with E-state index in [4.69, 9.17) is 4.74 Å². The lowest BCUT2D eigenvalue weighted by molar-refractivity contribution is -0.129. The summed E-state index contributed by atoms with van der Waals surface area (Å²) in [6, 6.07) is 5.35. The van der Waals surface area contributed by atoms with Gasteiger partial charge in [0.15, 0.2) is 0 Å². The predicted molar refractivity (Wildman–Crippen MR) is 67.0 cm³/mol. The molecule has 0 saturated carbocycles. The third-order valence-corrected chi connectivity index (χ3v) is 3.76. The molecule has 0 spiro atoms. The largest absolute Gasteiger partial charge is 0.368 e. The molecule has 1 atom stereocenters. The average molecular weight is 287 g/mol. The first-order valence-corrected chi connectivity index (χ1v) is 7.33. The van der Waals surface area contributed by atoms with Crippen molar-refractivity contribution in [2.45, 2.75) is 30.3 Å². The monoisotopic (exact) mass is 287 g/mol. The number of nitrogens with one attached hydrogen (secondary N) is 1. The van der Waals surface area contributed by atoms with Crippen molar-refractivity contribution in [2.75, 3.05) is 11.9 Å². The van der Waals surface area contributed by atoms with E-state index in [1.54, 1.807) is 0 Å². The Labute approximate surface area is 111 Å².